The fourth-order valence-electron chi connectivity index (χ4n) is 2.03. The highest BCUT2D eigenvalue weighted by molar-refractivity contribution is 8.15. The summed E-state index contributed by atoms with van der Waals surface area (Å²) in [5, 5.41) is 0.822. The molecule has 1 aromatic rings. The van der Waals surface area contributed by atoms with Crippen LogP contribution < -0.4 is 0 Å². The van der Waals surface area contributed by atoms with E-state index in [1.807, 2.05) is 35.2 Å². The van der Waals surface area contributed by atoms with E-state index in [9.17, 15) is 4.79 Å². The fourth-order valence-corrected chi connectivity index (χ4v) is 3.23. The predicted octanol–water partition coefficient (Wildman–Crippen LogP) is 2.06. The molecule has 3 rings (SSSR count). The van der Waals surface area contributed by atoms with Crippen molar-refractivity contribution in [1.82, 2.24) is 4.90 Å². The number of rotatable bonds is 1. The van der Waals surface area contributed by atoms with Crippen LogP contribution in [-0.2, 0) is 4.79 Å². The Balaban J connectivity index is 1.92. The van der Waals surface area contributed by atoms with Crippen molar-refractivity contribution in [2.24, 2.45) is 4.99 Å². The number of amidine groups is 1. The average Bonchev–Trinajstić information content (AvgIpc) is 2.69. The Morgan fingerprint density at radius 3 is 2.88 bits per heavy atom. The van der Waals surface area contributed by atoms with Gasteiger partial charge in [-0.2, -0.15) is 0 Å². The van der Waals surface area contributed by atoms with Gasteiger partial charge in [0.1, 0.15) is 5.25 Å². The molecule has 1 aromatic carbocycles. The highest BCUT2D eigenvalue weighted by Crippen LogP contribution is 2.40. The maximum atomic E-state index is 12.2. The van der Waals surface area contributed by atoms with Gasteiger partial charge >= 0.3 is 0 Å². The van der Waals surface area contributed by atoms with Crippen molar-refractivity contribution in [2.75, 3.05) is 13.1 Å². The van der Waals surface area contributed by atoms with Crippen molar-refractivity contribution < 1.29 is 4.79 Å². The first-order valence-corrected chi connectivity index (χ1v) is 6.31. The van der Waals surface area contributed by atoms with Gasteiger partial charge in [0.2, 0.25) is 5.91 Å². The van der Waals surface area contributed by atoms with E-state index in [0.717, 1.165) is 30.2 Å². The molecule has 4 heteroatoms. The third-order valence-corrected chi connectivity index (χ3v) is 4.10. The molecule has 0 N–H and O–H groups in total. The zero-order valence-electron chi connectivity index (χ0n) is 8.80. The lowest BCUT2D eigenvalue weighted by atomic mass is 10.1. The maximum Gasteiger partial charge on any atom is 0.246 e. The van der Waals surface area contributed by atoms with Gasteiger partial charge in [0.25, 0.3) is 0 Å². The summed E-state index contributed by atoms with van der Waals surface area (Å²) in [6.07, 6.45) is 0.983. The molecule has 0 aromatic heterocycles. The minimum atomic E-state index is -0.0851. The van der Waals surface area contributed by atoms with E-state index in [0.29, 0.717) is 0 Å². The molecule has 0 saturated carbocycles. The third-order valence-electron chi connectivity index (χ3n) is 2.83. The Kier molecular flexibility index (Phi) is 2.44. The van der Waals surface area contributed by atoms with Crippen molar-refractivity contribution in [2.45, 2.75) is 11.7 Å². The summed E-state index contributed by atoms with van der Waals surface area (Å²) in [5.41, 5.74) is 1.08. The minimum absolute atomic E-state index is 0.0851. The number of benzene rings is 1. The molecule has 0 spiro atoms. The molecule has 0 aliphatic carbocycles. The molecule has 2 heterocycles. The van der Waals surface area contributed by atoms with Crippen molar-refractivity contribution >= 4 is 22.8 Å². The number of hydrogen-bond acceptors (Lipinski definition) is 3. The molecular weight excluding hydrogens is 220 g/mol. The molecule has 1 atom stereocenters. The summed E-state index contributed by atoms with van der Waals surface area (Å²) in [6.45, 7) is 1.68. The second kappa shape index (κ2) is 3.94. The molecule has 0 bridgehead atoms. The minimum Gasteiger partial charge on any atom is -0.290 e. The van der Waals surface area contributed by atoms with Crippen LogP contribution in [0.3, 0.4) is 0 Å². The largest absolute Gasteiger partial charge is 0.290 e. The van der Waals surface area contributed by atoms with Crippen LogP contribution in [0, 0.1) is 0 Å². The zero-order chi connectivity index (χ0) is 11.0. The van der Waals surface area contributed by atoms with Gasteiger partial charge in [-0.1, -0.05) is 42.1 Å². The van der Waals surface area contributed by atoms with E-state index < -0.39 is 0 Å². The van der Waals surface area contributed by atoms with Crippen LogP contribution in [0.4, 0.5) is 0 Å². The Morgan fingerprint density at radius 1 is 1.31 bits per heavy atom. The average molecular weight is 232 g/mol. The normalized spacial score (nSPS) is 24.2. The van der Waals surface area contributed by atoms with Gasteiger partial charge in [0.05, 0.1) is 0 Å². The topological polar surface area (TPSA) is 32.7 Å². The van der Waals surface area contributed by atoms with Gasteiger partial charge in [-0.3, -0.25) is 14.7 Å². The number of carbonyl (C=O) groups excluding carboxylic acids is 1. The molecule has 1 saturated heterocycles. The molecule has 16 heavy (non-hydrogen) atoms. The molecule has 2 aliphatic heterocycles. The van der Waals surface area contributed by atoms with Gasteiger partial charge in [-0.25, -0.2) is 0 Å². The Hall–Kier alpha value is -1.29. The van der Waals surface area contributed by atoms with Gasteiger partial charge in [0, 0.05) is 13.1 Å². The molecule has 0 radical (unpaired) electrons. The number of aliphatic imine (C=N–C) groups is 1. The van der Waals surface area contributed by atoms with Crippen LogP contribution in [-0.4, -0.2) is 29.1 Å². The summed E-state index contributed by atoms with van der Waals surface area (Å²) < 4.78 is 0. The van der Waals surface area contributed by atoms with Gasteiger partial charge < -0.3 is 0 Å². The third kappa shape index (κ3) is 1.53. The van der Waals surface area contributed by atoms with Crippen molar-refractivity contribution in [1.29, 1.82) is 0 Å². The van der Waals surface area contributed by atoms with Crippen molar-refractivity contribution in [3.05, 3.63) is 35.9 Å². The summed E-state index contributed by atoms with van der Waals surface area (Å²) in [4.78, 5) is 18.4. The standard InChI is InChI=1S/C12H12N2OS/c15-11-10(9-5-2-1-3-6-9)16-12-13-7-4-8-14(11)12/h1-3,5-6,10H,4,7-8H2. The Morgan fingerprint density at radius 2 is 2.12 bits per heavy atom. The number of amides is 1. The molecule has 1 amide bonds. The van der Waals surface area contributed by atoms with E-state index in [2.05, 4.69) is 4.99 Å². The van der Waals surface area contributed by atoms with Gasteiger partial charge in [-0.15, -0.1) is 0 Å². The van der Waals surface area contributed by atoms with Crippen LogP contribution >= 0.6 is 11.8 Å². The molecule has 82 valence electrons. The molecule has 1 fully saturated rings. The predicted molar refractivity (Wildman–Crippen MR) is 65.4 cm³/mol. The van der Waals surface area contributed by atoms with Gasteiger partial charge in [-0.05, 0) is 12.0 Å². The van der Waals surface area contributed by atoms with E-state index in [1.54, 1.807) is 11.8 Å². The van der Waals surface area contributed by atoms with Crippen LogP contribution in [0.25, 0.3) is 0 Å². The van der Waals surface area contributed by atoms with E-state index >= 15 is 0 Å². The molecular formula is C12H12N2OS. The first kappa shape index (κ1) is 9.90. The van der Waals surface area contributed by atoms with Crippen molar-refractivity contribution in [3.8, 4) is 0 Å². The number of fused-ring (bicyclic) bond motifs is 1. The Bertz CT molecular complexity index is 444. The van der Waals surface area contributed by atoms with Crippen LogP contribution in [0.2, 0.25) is 0 Å². The highest BCUT2D eigenvalue weighted by Gasteiger charge is 2.39. The maximum absolute atomic E-state index is 12.2. The summed E-state index contributed by atoms with van der Waals surface area (Å²) in [6, 6.07) is 9.94. The van der Waals surface area contributed by atoms with Gasteiger partial charge in [0.15, 0.2) is 5.17 Å². The second-order valence-corrected chi connectivity index (χ2v) is 4.99. The second-order valence-electron chi connectivity index (χ2n) is 3.92. The van der Waals surface area contributed by atoms with Crippen molar-refractivity contribution in [3.63, 3.8) is 0 Å². The summed E-state index contributed by atoms with van der Waals surface area (Å²) >= 11 is 1.58. The monoisotopic (exact) mass is 232 g/mol. The van der Waals surface area contributed by atoms with E-state index in [1.165, 1.54) is 0 Å². The highest BCUT2D eigenvalue weighted by atomic mass is 32.2. The number of thioether (sulfide) groups is 1. The van der Waals surface area contributed by atoms with E-state index in [-0.39, 0.29) is 11.2 Å². The van der Waals surface area contributed by atoms with Crippen LogP contribution in [0.5, 0.6) is 0 Å². The molecule has 3 nitrogen and oxygen atoms in total. The fraction of sp³-hybridized carbons (Fsp3) is 0.333. The molecule has 1 unspecified atom stereocenters. The SMILES string of the molecule is O=C1C(c2ccccc2)SC2=NCCCN12. The smallest absolute Gasteiger partial charge is 0.246 e. The lowest BCUT2D eigenvalue weighted by molar-refractivity contribution is -0.126. The van der Waals surface area contributed by atoms with Crippen LogP contribution in [0.15, 0.2) is 35.3 Å². The molecule has 2 aliphatic rings. The van der Waals surface area contributed by atoms with E-state index in [4.69, 9.17) is 0 Å². The zero-order valence-corrected chi connectivity index (χ0v) is 9.61. The lowest BCUT2D eigenvalue weighted by Gasteiger charge is -2.19. The Labute approximate surface area is 98.5 Å². The lowest BCUT2D eigenvalue weighted by Crippen LogP contribution is -2.34. The summed E-state index contributed by atoms with van der Waals surface area (Å²) in [7, 11) is 0. The first-order chi connectivity index (χ1) is 7.86. The number of nitrogens with zero attached hydrogens (tertiary/aromatic N) is 2. The van der Waals surface area contributed by atoms with Crippen LogP contribution in [0.1, 0.15) is 17.2 Å². The quantitative estimate of drug-likeness (QED) is 0.742. The summed E-state index contributed by atoms with van der Waals surface area (Å²) in [5.74, 6) is 0.189. The number of carbonyl (C=O) groups is 1. The number of hydrogen-bond donors (Lipinski definition) is 0. The first-order valence-electron chi connectivity index (χ1n) is 5.44.